The highest BCUT2D eigenvalue weighted by atomic mass is 19.4. The Morgan fingerprint density at radius 2 is 1.10 bits per heavy atom. The van der Waals surface area contributed by atoms with E-state index in [1.54, 1.807) is 0 Å². The molecule has 0 radical (unpaired) electrons. The van der Waals surface area contributed by atoms with Gasteiger partial charge in [-0.05, 0) is 48.5 Å². The summed E-state index contributed by atoms with van der Waals surface area (Å²) in [6.45, 7) is 1.13. The molecule has 50 heavy (non-hydrogen) atoms. The zero-order chi connectivity index (χ0) is 36.0. The van der Waals surface area contributed by atoms with Gasteiger partial charge in [-0.1, -0.05) is 10.4 Å². The summed E-state index contributed by atoms with van der Waals surface area (Å²) in [6.07, 6.45) is -7.37. The summed E-state index contributed by atoms with van der Waals surface area (Å²) in [4.78, 5) is 42.7. The fourth-order valence-electron chi connectivity index (χ4n) is 5.08. The van der Waals surface area contributed by atoms with Crippen molar-refractivity contribution >= 4 is 17.8 Å². The lowest BCUT2D eigenvalue weighted by Gasteiger charge is -2.27. The Labute approximate surface area is 275 Å². The average molecular weight is 703 g/mol. The fourth-order valence-corrected chi connectivity index (χ4v) is 5.08. The Bertz CT molecular complexity index is 2010. The lowest BCUT2D eigenvalue weighted by molar-refractivity contribution is -0.138. The van der Waals surface area contributed by atoms with Crippen molar-refractivity contribution in [2.45, 2.75) is 12.4 Å². The van der Waals surface area contributed by atoms with Crippen molar-refractivity contribution in [2.24, 2.45) is 0 Å². The molecule has 0 unspecified atom stereocenters. The van der Waals surface area contributed by atoms with Crippen LogP contribution in [0.5, 0.6) is 0 Å². The fraction of sp³-hybridized carbons (Fsp3) is 0.200. The molecular formula is C30H20F6N8O6. The molecule has 258 valence electrons. The van der Waals surface area contributed by atoms with Crippen LogP contribution in [0.2, 0.25) is 0 Å². The first-order valence-corrected chi connectivity index (χ1v) is 14.2. The number of nitrogens with zero attached hydrogens (tertiary/aromatic N) is 8. The van der Waals surface area contributed by atoms with Gasteiger partial charge in [-0.15, -0.1) is 10.2 Å². The van der Waals surface area contributed by atoms with Crippen LogP contribution in [-0.4, -0.2) is 94.2 Å². The smallest absolute Gasteiger partial charge is 0.417 e. The molecule has 1 amide bonds. The van der Waals surface area contributed by atoms with E-state index in [1.165, 1.54) is 29.4 Å². The molecule has 2 N–H and O–H groups in total. The second kappa shape index (κ2) is 12.7. The number of carbonyl (C=O) groups excluding carboxylic acids is 1. The highest BCUT2D eigenvalue weighted by Crippen LogP contribution is 2.35. The summed E-state index contributed by atoms with van der Waals surface area (Å²) in [7, 11) is 0. The van der Waals surface area contributed by atoms with Crippen LogP contribution < -0.4 is 0 Å². The van der Waals surface area contributed by atoms with Crippen LogP contribution in [0.4, 0.5) is 26.3 Å². The number of hydrogen-bond donors (Lipinski definition) is 2. The first kappa shape index (κ1) is 33.7. The van der Waals surface area contributed by atoms with Crippen molar-refractivity contribution in [3.8, 4) is 34.2 Å². The molecule has 0 bridgehead atoms. The maximum atomic E-state index is 13.5. The number of carbonyl (C=O) groups is 3. The van der Waals surface area contributed by atoms with Gasteiger partial charge in [0, 0.05) is 18.7 Å². The predicted molar refractivity (Wildman–Crippen MR) is 156 cm³/mol. The number of hydrogen-bond acceptors (Lipinski definition) is 9. The average Bonchev–Trinajstić information content (AvgIpc) is 3.78. The number of ether oxygens (including phenoxy) is 1. The number of morpholine rings is 1. The van der Waals surface area contributed by atoms with Gasteiger partial charge in [0.2, 0.25) is 0 Å². The minimum atomic E-state index is -4.93. The molecule has 0 aliphatic carbocycles. The maximum Gasteiger partial charge on any atom is 0.417 e. The number of carboxylic acid groups (broad SMARTS) is 2. The van der Waals surface area contributed by atoms with Crippen LogP contribution >= 0.6 is 0 Å². The highest BCUT2D eigenvalue weighted by Gasteiger charge is 2.36. The summed E-state index contributed by atoms with van der Waals surface area (Å²) < 4.78 is 87.6. The summed E-state index contributed by atoms with van der Waals surface area (Å²) in [5.41, 5.74) is -4.71. The van der Waals surface area contributed by atoms with E-state index in [1.807, 2.05) is 0 Å². The molecule has 14 nitrogen and oxygen atoms in total. The summed E-state index contributed by atoms with van der Waals surface area (Å²) in [5, 5.41) is 34.6. The number of pyridine rings is 1. The van der Waals surface area contributed by atoms with Crippen molar-refractivity contribution in [1.29, 1.82) is 0 Å². The van der Waals surface area contributed by atoms with E-state index in [9.17, 15) is 50.9 Å². The monoisotopic (exact) mass is 702 g/mol. The number of aromatic carboxylic acids is 2. The van der Waals surface area contributed by atoms with E-state index >= 15 is 0 Å². The second-order valence-corrected chi connectivity index (χ2v) is 10.7. The van der Waals surface area contributed by atoms with E-state index in [4.69, 9.17) is 4.74 Å². The van der Waals surface area contributed by atoms with Gasteiger partial charge in [0.25, 0.3) is 5.91 Å². The zero-order valence-corrected chi connectivity index (χ0v) is 25.0. The van der Waals surface area contributed by atoms with Gasteiger partial charge in [0.15, 0.2) is 0 Å². The molecule has 1 saturated heterocycles. The van der Waals surface area contributed by atoms with Crippen LogP contribution in [0, 0.1) is 0 Å². The van der Waals surface area contributed by atoms with Gasteiger partial charge >= 0.3 is 24.3 Å². The lowest BCUT2D eigenvalue weighted by atomic mass is 10.1. The molecule has 0 spiro atoms. The summed E-state index contributed by atoms with van der Waals surface area (Å²) in [6, 6.07) is 7.50. The zero-order valence-electron chi connectivity index (χ0n) is 25.0. The molecule has 2 aromatic carbocycles. The first-order chi connectivity index (χ1) is 23.6. The first-order valence-electron chi connectivity index (χ1n) is 14.2. The molecule has 1 aliphatic heterocycles. The van der Waals surface area contributed by atoms with Crippen LogP contribution in [0.3, 0.4) is 0 Å². The largest absolute Gasteiger partial charge is 0.478 e. The van der Waals surface area contributed by atoms with E-state index < -0.39 is 52.5 Å². The molecule has 4 heterocycles. The lowest BCUT2D eigenvalue weighted by Crippen LogP contribution is -2.40. The van der Waals surface area contributed by atoms with Gasteiger partial charge in [0.05, 0.1) is 70.6 Å². The number of alkyl halides is 6. The Morgan fingerprint density at radius 3 is 1.50 bits per heavy atom. The van der Waals surface area contributed by atoms with Gasteiger partial charge < -0.3 is 19.8 Å². The van der Waals surface area contributed by atoms with Gasteiger partial charge in [-0.3, -0.25) is 4.79 Å². The SMILES string of the molecule is O=C(O)c1cc(-n2cc(-c3cc(C(=O)N4CCOCC4)cc(-c4cn(-c5ccc(C(F)(F)F)c(C(=O)O)c5)nn4)n3)nn2)ccc1C(F)(F)F. The predicted octanol–water partition coefficient (Wildman–Crippen LogP) is 4.48. The molecule has 6 rings (SSSR count). The Balaban J connectivity index is 1.41. The van der Waals surface area contributed by atoms with E-state index in [0.717, 1.165) is 33.6 Å². The number of amides is 1. The topological polar surface area (TPSA) is 178 Å². The van der Waals surface area contributed by atoms with Crippen molar-refractivity contribution < 1.29 is 55.7 Å². The van der Waals surface area contributed by atoms with Crippen LogP contribution in [-0.2, 0) is 17.1 Å². The molecule has 5 aromatic rings. The van der Waals surface area contributed by atoms with Gasteiger partial charge in [0.1, 0.15) is 11.4 Å². The molecule has 1 fully saturated rings. The van der Waals surface area contributed by atoms with Crippen LogP contribution in [0.25, 0.3) is 34.2 Å². The molecule has 3 aromatic heterocycles. The molecular weight excluding hydrogens is 682 g/mol. The Hall–Kier alpha value is -6.18. The summed E-state index contributed by atoms with van der Waals surface area (Å²) in [5.74, 6) is -4.06. The minimum Gasteiger partial charge on any atom is -0.478 e. The third-order valence-electron chi connectivity index (χ3n) is 7.49. The van der Waals surface area contributed by atoms with Gasteiger partial charge in [-0.25, -0.2) is 23.9 Å². The van der Waals surface area contributed by atoms with E-state index in [2.05, 4.69) is 25.6 Å². The van der Waals surface area contributed by atoms with Crippen molar-refractivity contribution in [3.05, 3.63) is 88.7 Å². The maximum absolute atomic E-state index is 13.5. The number of benzene rings is 2. The molecule has 0 saturated carbocycles. The molecule has 0 atom stereocenters. The number of carboxylic acids is 2. The van der Waals surface area contributed by atoms with E-state index in [-0.39, 0.29) is 66.0 Å². The molecule has 20 heteroatoms. The van der Waals surface area contributed by atoms with Crippen LogP contribution in [0.15, 0.2) is 60.9 Å². The van der Waals surface area contributed by atoms with Crippen LogP contribution in [0.1, 0.15) is 42.2 Å². The second-order valence-electron chi connectivity index (χ2n) is 10.7. The molecule has 1 aliphatic rings. The third-order valence-corrected chi connectivity index (χ3v) is 7.49. The number of halogens is 6. The normalized spacial score (nSPS) is 13.8. The standard InChI is InChI=1S/C30H20F6N8O6/c31-29(32,33)20-3-1-16(11-18(20)27(46)47)43-13-24(38-40-43)22-9-15(26(45)42-5-7-50-8-6-42)10-23(37-22)25-14-44(41-39-25)17-2-4-21(30(34,35)36)19(12-17)28(48)49/h1-4,9-14H,5-8H2,(H,46,47)(H,48,49). The number of rotatable bonds is 7. The van der Waals surface area contributed by atoms with E-state index in [0.29, 0.717) is 12.1 Å². The Morgan fingerprint density at radius 1 is 0.660 bits per heavy atom. The van der Waals surface area contributed by atoms with Gasteiger partial charge in [-0.2, -0.15) is 26.3 Å². The minimum absolute atomic E-state index is 0.0147. The highest BCUT2D eigenvalue weighted by molar-refractivity contribution is 5.96. The summed E-state index contributed by atoms with van der Waals surface area (Å²) >= 11 is 0. The van der Waals surface area contributed by atoms with Crippen molar-refractivity contribution in [1.82, 2.24) is 39.9 Å². The third kappa shape index (κ3) is 6.72. The quantitative estimate of drug-likeness (QED) is 0.229. The number of aromatic nitrogens is 7. The van der Waals surface area contributed by atoms with Crippen molar-refractivity contribution in [2.75, 3.05) is 26.3 Å². The Kier molecular flexibility index (Phi) is 8.56. The van der Waals surface area contributed by atoms with Crippen molar-refractivity contribution in [3.63, 3.8) is 0 Å².